The number of ether oxygens (including phenoxy) is 1. The van der Waals surface area contributed by atoms with Crippen LogP contribution in [0.25, 0.3) is 0 Å². The number of nitrogens with one attached hydrogen (secondary N) is 1. The van der Waals surface area contributed by atoms with Gasteiger partial charge in [0.05, 0.1) is 11.7 Å². The second-order valence-corrected chi connectivity index (χ2v) is 8.97. The van der Waals surface area contributed by atoms with Crippen LogP contribution >= 0.6 is 0 Å². The molecule has 0 atom stereocenters. The topological polar surface area (TPSA) is 21.3 Å². The molecule has 0 aliphatic heterocycles. The highest BCUT2D eigenvalue weighted by Crippen LogP contribution is 2.38. The zero-order valence-corrected chi connectivity index (χ0v) is 15.0. The Bertz CT molecular complexity index is 304. The number of hydrogen-bond donors (Lipinski definition) is 1. The molecule has 0 aromatic heterocycles. The third kappa shape index (κ3) is 5.56. The van der Waals surface area contributed by atoms with E-state index < -0.39 is 0 Å². The summed E-state index contributed by atoms with van der Waals surface area (Å²) in [5.74, 6) is 1.78. The van der Waals surface area contributed by atoms with Crippen LogP contribution in [-0.4, -0.2) is 23.8 Å². The van der Waals surface area contributed by atoms with Crippen molar-refractivity contribution in [1.82, 2.24) is 5.32 Å². The number of hydrogen-bond acceptors (Lipinski definition) is 2. The van der Waals surface area contributed by atoms with Gasteiger partial charge in [-0.15, -0.1) is 0 Å². The van der Waals surface area contributed by atoms with Gasteiger partial charge >= 0.3 is 0 Å². The summed E-state index contributed by atoms with van der Waals surface area (Å²) < 4.78 is 6.75. The van der Waals surface area contributed by atoms with Gasteiger partial charge in [-0.2, -0.15) is 0 Å². The fourth-order valence-corrected chi connectivity index (χ4v) is 3.75. The maximum Gasteiger partial charge on any atom is 0.0810 e. The molecule has 0 aromatic carbocycles. The van der Waals surface area contributed by atoms with E-state index in [0.717, 1.165) is 18.4 Å². The standard InChI is InChI=1S/C19H37NO/c1-15-6-8-17(9-7-15)21-19(14-20-18(3,4)5)12-10-16(2)11-13-19/h15-17,20H,6-14H2,1-5H3. The number of rotatable bonds is 4. The molecular formula is C19H37NO. The van der Waals surface area contributed by atoms with Crippen molar-refractivity contribution in [2.24, 2.45) is 11.8 Å². The monoisotopic (exact) mass is 295 g/mol. The molecular weight excluding hydrogens is 258 g/mol. The van der Waals surface area contributed by atoms with Crippen LogP contribution in [0.3, 0.4) is 0 Å². The summed E-state index contributed by atoms with van der Waals surface area (Å²) in [6, 6.07) is 0. The molecule has 2 aliphatic rings. The minimum Gasteiger partial charge on any atom is -0.370 e. The first kappa shape index (κ1) is 17.3. The Balaban J connectivity index is 1.95. The fourth-order valence-electron chi connectivity index (χ4n) is 3.75. The van der Waals surface area contributed by atoms with Crippen molar-refractivity contribution in [2.45, 2.75) is 103 Å². The molecule has 2 fully saturated rings. The molecule has 0 aromatic rings. The molecule has 0 unspecified atom stereocenters. The predicted molar refractivity (Wildman–Crippen MR) is 90.6 cm³/mol. The second-order valence-electron chi connectivity index (χ2n) is 8.97. The molecule has 2 saturated carbocycles. The summed E-state index contributed by atoms with van der Waals surface area (Å²) in [6.45, 7) is 12.6. The summed E-state index contributed by atoms with van der Waals surface area (Å²) in [7, 11) is 0. The van der Waals surface area contributed by atoms with E-state index in [1.165, 1.54) is 51.4 Å². The van der Waals surface area contributed by atoms with E-state index in [4.69, 9.17) is 4.74 Å². The minimum atomic E-state index is 0.102. The van der Waals surface area contributed by atoms with E-state index in [0.29, 0.717) is 6.10 Å². The molecule has 0 saturated heterocycles. The molecule has 0 heterocycles. The molecule has 0 amide bonds. The molecule has 2 aliphatic carbocycles. The van der Waals surface area contributed by atoms with Crippen molar-refractivity contribution in [3.8, 4) is 0 Å². The van der Waals surface area contributed by atoms with E-state index in [1.54, 1.807) is 0 Å². The highest BCUT2D eigenvalue weighted by atomic mass is 16.5. The lowest BCUT2D eigenvalue weighted by Gasteiger charge is -2.44. The molecule has 2 heteroatoms. The van der Waals surface area contributed by atoms with Gasteiger partial charge in [-0.25, -0.2) is 0 Å². The van der Waals surface area contributed by atoms with Gasteiger partial charge in [0, 0.05) is 12.1 Å². The van der Waals surface area contributed by atoms with Gasteiger partial charge in [0.1, 0.15) is 0 Å². The maximum absolute atomic E-state index is 6.75. The van der Waals surface area contributed by atoms with Crippen LogP contribution in [-0.2, 0) is 4.74 Å². The predicted octanol–water partition coefficient (Wildman–Crippen LogP) is 4.92. The van der Waals surface area contributed by atoms with Gasteiger partial charge in [-0.3, -0.25) is 0 Å². The average molecular weight is 296 g/mol. The summed E-state index contributed by atoms with van der Waals surface area (Å²) in [6.07, 6.45) is 10.9. The molecule has 2 nitrogen and oxygen atoms in total. The van der Waals surface area contributed by atoms with Gasteiger partial charge in [-0.1, -0.05) is 13.8 Å². The van der Waals surface area contributed by atoms with Crippen molar-refractivity contribution in [3.05, 3.63) is 0 Å². The molecule has 124 valence electrons. The largest absolute Gasteiger partial charge is 0.370 e. The fraction of sp³-hybridized carbons (Fsp3) is 1.00. The van der Waals surface area contributed by atoms with E-state index >= 15 is 0 Å². The third-order valence-electron chi connectivity index (χ3n) is 5.51. The van der Waals surface area contributed by atoms with Gasteiger partial charge < -0.3 is 10.1 Å². The zero-order chi connectivity index (χ0) is 15.5. The Labute approximate surface area is 132 Å². The summed E-state index contributed by atoms with van der Waals surface area (Å²) in [5.41, 5.74) is 0.283. The zero-order valence-electron chi connectivity index (χ0n) is 15.0. The SMILES string of the molecule is CC1CCC(OC2(CNC(C)(C)C)CCC(C)CC2)CC1. The van der Waals surface area contributed by atoms with Crippen LogP contribution in [0, 0.1) is 11.8 Å². The summed E-state index contributed by atoms with van der Waals surface area (Å²) >= 11 is 0. The Morgan fingerprint density at radius 1 is 0.905 bits per heavy atom. The van der Waals surface area contributed by atoms with E-state index in [2.05, 4.69) is 39.9 Å². The van der Waals surface area contributed by atoms with Crippen LogP contribution in [0.1, 0.15) is 86.0 Å². The van der Waals surface area contributed by atoms with E-state index in [9.17, 15) is 0 Å². The van der Waals surface area contributed by atoms with Crippen LogP contribution in [0.15, 0.2) is 0 Å². The first-order chi connectivity index (χ1) is 9.78. The lowest BCUT2D eigenvalue weighted by Crippen LogP contribution is -2.52. The van der Waals surface area contributed by atoms with Gasteiger partial charge in [0.2, 0.25) is 0 Å². The maximum atomic E-state index is 6.75. The van der Waals surface area contributed by atoms with Crippen LogP contribution in [0.5, 0.6) is 0 Å². The quantitative estimate of drug-likeness (QED) is 0.795. The van der Waals surface area contributed by atoms with Gasteiger partial charge in [-0.05, 0) is 84.0 Å². The van der Waals surface area contributed by atoms with Crippen molar-refractivity contribution in [3.63, 3.8) is 0 Å². The van der Waals surface area contributed by atoms with Crippen LogP contribution in [0.4, 0.5) is 0 Å². The summed E-state index contributed by atoms with van der Waals surface area (Å²) in [5, 5.41) is 3.72. The average Bonchev–Trinajstić information content (AvgIpc) is 2.42. The highest BCUT2D eigenvalue weighted by molar-refractivity contribution is 4.92. The van der Waals surface area contributed by atoms with E-state index in [1.807, 2.05) is 0 Å². The minimum absolute atomic E-state index is 0.102. The Morgan fingerprint density at radius 2 is 1.43 bits per heavy atom. The molecule has 0 bridgehead atoms. The molecule has 0 spiro atoms. The first-order valence-electron chi connectivity index (χ1n) is 9.21. The lowest BCUT2D eigenvalue weighted by molar-refractivity contribution is -0.131. The van der Waals surface area contributed by atoms with Crippen molar-refractivity contribution < 1.29 is 4.74 Å². The Hall–Kier alpha value is -0.0800. The molecule has 0 radical (unpaired) electrons. The van der Waals surface area contributed by atoms with Gasteiger partial charge in [0.25, 0.3) is 0 Å². The van der Waals surface area contributed by atoms with Gasteiger partial charge in [0.15, 0.2) is 0 Å². The summed E-state index contributed by atoms with van der Waals surface area (Å²) in [4.78, 5) is 0. The van der Waals surface area contributed by atoms with Crippen LogP contribution in [0.2, 0.25) is 0 Å². The van der Waals surface area contributed by atoms with Crippen molar-refractivity contribution in [1.29, 1.82) is 0 Å². The Morgan fingerprint density at radius 3 is 1.95 bits per heavy atom. The highest BCUT2D eigenvalue weighted by Gasteiger charge is 2.38. The first-order valence-corrected chi connectivity index (χ1v) is 9.21. The van der Waals surface area contributed by atoms with Crippen molar-refractivity contribution in [2.75, 3.05) is 6.54 Å². The van der Waals surface area contributed by atoms with Crippen molar-refractivity contribution >= 4 is 0 Å². The van der Waals surface area contributed by atoms with E-state index in [-0.39, 0.29) is 11.1 Å². The van der Waals surface area contributed by atoms with Crippen LogP contribution < -0.4 is 5.32 Å². The smallest absolute Gasteiger partial charge is 0.0810 e. The molecule has 2 rings (SSSR count). The third-order valence-corrected chi connectivity index (χ3v) is 5.51. The molecule has 21 heavy (non-hydrogen) atoms. The second kappa shape index (κ2) is 7.00. The molecule has 1 N–H and O–H groups in total. The lowest BCUT2D eigenvalue weighted by atomic mass is 9.78. The Kier molecular flexibility index (Phi) is 5.76. The normalized spacial score (nSPS) is 38.4.